The van der Waals surface area contributed by atoms with E-state index in [4.69, 9.17) is 0 Å². The van der Waals surface area contributed by atoms with Gasteiger partial charge in [0, 0.05) is 19.0 Å². The summed E-state index contributed by atoms with van der Waals surface area (Å²) in [5.41, 5.74) is 2.03. The molecule has 0 N–H and O–H groups in total. The van der Waals surface area contributed by atoms with E-state index in [0.717, 1.165) is 17.2 Å². The molecule has 0 amide bonds. The normalized spacial score (nSPS) is 15.8. The van der Waals surface area contributed by atoms with Gasteiger partial charge in [0.1, 0.15) is 11.5 Å². The number of likely N-dealkylation sites (tertiary alicyclic amines) is 1. The molecule has 1 fully saturated rings. The second-order valence-electron chi connectivity index (χ2n) is 9.51. The summed E-state index contributed by atoms with van der Waals surface area (Å²) in [6.07, 6.45) is 0. The van der Waals surface area contributed by atoms with Gasteiger partial charge in [0.15, 0.2) is 0 Å². The quantitative estimate of drug-likeness (QED) is 0.447. The summed E-state index contributed by atoms with van der Waals surface area (Å²) >= 11 is 0. The molecule has 0 aliphatic carbocycles. The van der Waals surface area contributed by atoms with Crippen LogP contribution in [0.25, 0.3) is 0 Å². The summed E-state index contributed by atoms with van der Waals surface area (Å²) < 4.78 is 29.6. The van der Waals surface area contributed by atoms with Crippen molar-refractivity contribution in [2.45, 2.75) is 31.5 Å². The van der Waals surface area contributed by atoms with Crippen molar-refractivity contribution >= 4 is 0 Å². The van der Waals surface area contributed by atoms with E-state index in [1.807, 2.05) is 36.4 Å². The van der Waals surface area contributed by atoms with Gasteiger partial charge in [0.25, 0.3) is 0 Å². The van der Waals surface area contributed by atoms with Crippen LogP contribution in [0.15, 0.2) is 66.7 Å². The minimum Gasteiger partial charge on any atom is -0.292 e. The lowest BCUT2D eigenvalue weighted by Crippen LogP contribution is -2.53. The van der Waals surface area contributed by atoms with Gasteiger partial charge in [-0.15, -0.1) is 0 Å². The first-order valence-electron chi connectivity index (χ1n) is 11.4. The lowest BCUT2D eigenvalue weighted by molar-refractivity contribution is 0.00812. The number of benzene rings is 3. The Labute approximate surface area is 204 Å². The molecule has 0 radical (unpaired) electrons. The topological polar surface area (TPSA) is 74.6 Å². The molecular weight excluding hydrogens is 442 g/mol. The third-order valence-corrected chi connectivity index (χ3v) is 6.61. The minimum absolute atomic E-state index is 0.0941. The zero-order chi connectivity index (χ0) is 25.2. The smallest absolute Gasteiger partial charge is 0.124 e. The van der Waals surface area contributed by atoms with E-state index in [1.165, 1.54) is 19.9 Å². The SMILES string of the molecule is CC(C)(F)[C@H](c1cc(F)cc(C#N)c1)C1CN(C(c2ccc(C#N)cc2)c2cccc(C#N)c2)C1. The molecule has 1 aliphatic rings. The Kier molecular flexibility index (Phi) is 6.65. The van der Waals surface area contributed by atoms with E-state index >= 15 is 4.39 Å². The fraction of sp³-hybridized carbons (Fsp3) is 0.276. The van der Waals surface area contributed by atoms with Crippen LogP contribution in [0, 0.1) is 45.7 Å². The minimum atomic E-state index is -1.62. The van der Waals surface area contributed by atoms with Crippen LogP contribution in [0.4, 0.5) is 8.78 Å². The van der Waals surface area contributed by atoms with Crippen molar-refractivity contribution in [2.24, 2.45) is 5.92 Å². The molecule has 174 valence electrons. The molecule has 2 atom stereocenters. The number of rotatable bonds is 6. The Balaban J connectivity index is 1.67. The second kappa shape index (κ2) is 9.67. The zero-order valence-electron chi connectivity index (χ0n) is 19.5. The van der Waals surface area contributed by atoms with E-state index in [1.54, 1.807) is 24.3 Å². The summed E-state index contributed by atoms with van der Waals surface area (Å²) in [5.74, 6) is -1.23. The first kappa shape index (κ1) is 24.1. The molecule has 3 aromatic carbocycles. The number of halogens is 2. The highest BCUT2D eigenvalue weighted by Crippen LogP contribution is 2.45. The summed E-state index contributed by atoms with van der Waals surface area (Å²) in [7, 11) is 0. The summed E-state index contributed by atoms with van der Waals surface area (Å²) in [4.78, 5) is 2.20. The van der Waals surface area contributed by atoms with Crippen molar-refractivity contribution < 1.29 is 8.78 Å². The molecule has 6 heteroatoms. The third-order valence-electron chi connectivity index (χ3n) is 6.61. The van der Waals surface area contributed by atoms with Crippen molar-refractivity contribution in [3.8, 4) is 18.2 Å². The molecule has 4 rings (SSSR count). The van der Waals surface area contributed by atoms with E-state index in [2.05, 4.69) is 17.0 Å². The molecule has 1 aliphatic heterocycles. The fourth-order valence-electron chi connectivity index (χ4n) is 5.19. The molecular formula is C29H24F2N4. The van der Waals surface area contributed by atoms with Crippen LogP contribution < -0.4 is 0 Å². The maximum absolute atomic E-state index is 15.4. The predicted octanol–water partition coefficient (Wildman–Crippen LogP) is 5.99. The molecule has 35 heavy (non-hydrogen) atoms. The van der Waals surface area contributed by atoms with Crippen LogP contribution >= 0.6 is 0 Å². The summed E-state index contributed by atoms with van der Waals surface area (Å²) in [6.45, 7) is 4.09. The number of nitriles is 3. The van der Waals surface area contributed by atoms with E-state index < -0.39 is 17.4 Å². The molecule has 0 aromatic heterocycles. The highest BCUT2D eigenvalue weighted by molar-refractivity contribution is 5.42. The van der Waals surface area contributed by atoms with E-state index in [9.17, 15) is 20.2 Å². The molecule has 0 spiro atoms. The van der Waals surface area contributed by atoms with Gasteiger partial charge in [-0.05, 0) is 78.9 Å². The van der Waals surface area contributed by atoms with Gasteiger partial charge in [-0.25, -0.2) is 8.78 Å². The Hall–Kier alpha value is -4.05. The maximum atomic E-state index is 15.4. The lowest BCUT2D eigenvalue weighted by atomic mass is 9.72. The van der Waals surface area contributed by atoms with Crippen molar-refractivity contribution in [1.82, 2.24) is 4.90 Å². The molecule has 0 bridgehead atoms. The van der Waals surface area contributed by atoms with Gasteiger partial charge in [-0.1, -0.05) is 24.3 Å². The van der Waals surface area contributed by atoms with Gasteiger partial charge in [-0.2, -0.15) is 15.8 Å². The van der Waals surface area contributed by atoms with E-state index in [-0.39, 0.29) is 17.5 Å². The number of hydrogen-bond acceptors (Lipinski definition) is 4. The van der Waals surface area contributed by atoms with Gasteiger partial charge in [0.05, 0.1) is 40.9 Å². The Morgan fingerprint density at radius 2 is 1.43 bits per heavy atom. The highest BCUT2D eigenvalue weighted by atomic mass is 19.1. The second-order valence-corrected chi connectivity index (χ2v) is 9.51. The largest absolute Gasteiger partial charge is 0.292 e. The van der Waals surface area contributed by atoms with Crippen LogP contribution in [0.1, 0.15) is 59.2 Å². The van der Waals surface area contributed by atoms with Gasteiger partial charge in [-0.3, -0.25) is 4.90 Å². The molecule has 0 saturated carbocycles. The Morgan fingerprint density at radius 3 is 2.03 bits per heavy atom. The monoisotopic (exact) mass is 466 g/mol. The Morgan fingerprint density at radius 1 is 0.800 bits per heavy atom. The molecule has 3 aromatic rings. The van der Waals surface area contributed by atoms with Crippen molar-refractivity contribution in [1.29, 1.82) is 15.8 Å². The van der Waals surface area contributed by atoms with Crippen LogP contribution in [0.5, 0.6) is 0 Å². The van der Waals surface area contributed by atoms with Crippen LogP contribution in [-0.2, 0) is 0 Å². The van der Waals surface area contributed by atoms with Crippen molar-refractivity contribution in [3.05, 3.63) is 106 Å². The molecule has 1 unspecified atom stereocenters. The maximum Gasteiger partial charge on any atom is 0.124 e. The standard InChI is InChI=1S/C29H24F2N4/c1-29(2,31)27(24-11-21(16-34)12-26(30)13-24)25-17-35(18-25)28(22-8-6-19(14-32)7-9-22)23-5-3-4-20(10-23)15-33/h3-13,25,27-28H,17-18H2,1-2H3/t27-,28?/m1/s1. The first-order valence-corrected chi connectivity index (χ1v) is 11.4. The van der Waals surface area contributed by atoms with E-state index in [0.29, 0.717) is 29.8 Å². The van der Waals surface area contributed by atoms with Crippen LogP contribution in [0.2, 0.25) is 0 Å². The van der Waals surface area contributed by atoms with Gasteiger partial charge in [0.2, 0.25) is 0 Å². The number of nitrogens with zero attached hydrogens (tertiary/aromatic N) is 4. The molecule has 1 heterocycles. The van der Waals surface area contributed by atoms with Crippen LogP contribution in [-0.4, -0.2) is 23.7 Å². The molecule has 1 saturated heterocycles. The average molecular weight is 467 g/mol. The predicted molar refractivity (Wildman–Crippen MR) is 128 cm³/mol. The van der Waals surface area contributed by atoms with Crippen molar-refractivity contribution in [3.63, 3.8) is 0 Å². The van der Waals surface area contributed by atoms with Crippen molar-refractivity contribution in [2.75, 3.05) is 13.1 Å². The number of alkyl halides is 1. The van der Waals surface area contributed by atoms with Gasteiger partial charge < -0.3 is 0 Å². The van der Waals surface area contributed by atoms with Crippen LogP contribution in [0.3, 0.4) is 0 Å². The summed E-state index contributed by atoms with van der Waals surface area (Å²) in [6, 6.07) is 24.8. The molecule has 4 nitrogen and oxygen atoms in total. The lowest BCUT2D eigenvalue weighted by Gasteiger charge is -2.50. The first-order chi connectivity index (χ1) is 16.7. The fourth-order valence-corrected chi connectivity index (χ4v) is 5.19. The Bertz CT molecular complexity index is 1350. The third kappa shape index (κ3) is 5.07. The number of hydrogen-bond donors (Lipinski definition) is 0. The average Bonchev–Trinajstić information content (AvgIpc) is 2.81. The zero-order valence-corrected chi connectivity index (χ0v) is 19.5. The highest BCUT2D eigenvalue weighted by Gasteiger charge is 2.45. The summed E-state index contributed by atoms with van der Waals surface area (Å²) in [5, 5.41) is 27.8. The van der Waals surface area contributed by atoms with Gasteiger partial charge >= 0.3 is 0 Å².